The summed E-state index contributed by atoms with van der Waals surface area (Å²) in [6.45, 7) is 9.05. The zero-order valence-corrected chi connectivity index (χ0v) is 11.8. The monoisotopic (exact) mass is 251 g/mol. The summed E-state index contributed by atoms with van der Waals surface area (Å²) in [5.74, 6) is 1.29. The molecule has 1 rings (SSSR count). The molecule has 0 fully saturated rings. The first-order valence-corrected chi connectivity index (χ1v) is 6.90. The molecule has 0 aliphatic heterocycles. The Hall–Kier alpha value is -1.16. The fraction of sp³-hybridized carbons (Fsp3) is 0.714. The van der Waals surface area contributed by atoms with E-state index in [1.807, 2.05) is 6.20 Å². The van der Waals surface area contributed by atoms with E-state index in [1.165, 1.54) is 12.8 Å². The van der Waals surface area contributed by atoms with Crippen LogP contribution in [0, 0.1) is 5.92 Å². The SMILES string of the molecule is CCCNCc1cncnc1OCC(C)CCC. The van der Waals surface area contributed by atoms with E-state index >= 15 is 0 Å². The molecule has 1 aromatic heterocycles. The van der Waals surface area contributed by atoms with Crippen LogP contribution >= 0.6 is 0 Å². The predicted octanol–water partition coefficient (Wildman–Crippen LogP) is 2.79. The van der Waals surface area contributed by atoms with Gasteiger partial charge in [0.2, 0.25) is 5.88 Å². The molecule has 0 amide bonds. The normalized spacial score (nSPS) is 12.4. The Morgan fingerprint density at radius 3 is 2.89 bits per heavy atom. The van der Waals surface area contributed by atoms with Crippen molar-refractivity contribution in [1.29, 1.82) is 0 Å². The van der Waals surface area contributed by atoms with Crippen molar-refractivity contribution < 1.29 is 4.74 Å². The van der Waals surface area contributed by atoms with Crippen LogP contribution in [0.2, 0.25) is 0 Å². The lowest BCUT2D eigenvalue weighted by Gasteiger charge is -2.13. The molecular formula is C14H25N3O. The molecule has 1 atom stereocenters. The number of nitrogens with zero attached hydrogens (tertiary/aromatic N) is 2. The number of rotatable bonds is 9. The zero-order chi connectivity index (χ0) is 13.2. The molecule has 0 saturated carbocycles. The van der Waals surface area contributed by atoms with Gasteiger partial charge in [0.1, 0.15) is 6.33 Å². The molecule has 4 heteroatoms. The Labute approximate surface area is 110 Å². The van der Waals surface area contributed by atoms with Crippen molar-refractivity contribution in [2.75, 3.05) is 13.2 Å². The van der Waals surface area contributed by atoms with Crippen molar-refractivity contribution in [1.82, 2.24) is 15.3 Å². The maximum Gasteiger partial charge on any atom is 0.220 e. The van der Waals surface area contributed by atoms with Gasteiger partial charge in [-0.05, 0) is 25.3 Å². The van der Waals surface area contributed by atoms with Crippen LogP contribution in [-0.4, -0.2) is 23.1 Å². The van der Waals surface area contributed by atoms with Gasteiger partial charge >= 0.3 is 0 Å². The van der Waals surface area contributed by atoms with E-state index in [9.17, 15) is 0 Å². The zero-order valence-electron chi connectivity index (χ0n) is 11.8. The first-order valence-electron chi connectivity index (χ1n) is 6.90. The van der Waals surface area contributed by atoms with Crippen LogP contribution < -0.4 is 10.1 Å². The number of nitrogens with one attached hydrogen (secondary N) is 1. The number of hydrogen-bond donors (Lipinski definition) is 1. The third kappa shape index (κ3) is 5.45. The fourth-order valence-electron chi connectivity index (χ4n) is 1.80. The molecule has 0 bridgehead atoms. The van der Waals surface area contributed by atoms with Gasteiger partial charge in [-0.25, -0.2) is 9.97 Å². The molecule has 0 saturated heterocycles. The van der Waals surface area contributed by atoms with E-state index in [4.69, 9.17) is 4.74 Å². The standard InChI is InChI=1S/C14H25N3O/c1-4-6-12(3)10-18-14-13(8-15-7-5-2)9-16-11-17-14/h9,11-12,15H,4-8,10H2,1-3H3. The van der Waals surface area contributed by atoms with E-state index < -0.39 is 0 Å². The van der Waals surface area contributed by atoms with Gasteiger partial charge in [0.25, 0.3) is 0 Å². The van der Waals surface area contributed by atoms with E-state index in [2.05, 4.69) is 36.1 Å². The van der Waals surface area contributed by atoms with Gasteiger partial charge in [0, 0.05) is 18.3 Å². The molecule has 0 aliphatic carbocycles. The Balaban J connectivity index is 2.48. The maximum atomic E-state index is 5.79. The van der Waals surface area contributed by atoms with Crippen molar-refractivity contribution in [3.05, 3.63) is 18.1 Å². The lowest BCUT2D eigenvalue weighted by Crippen LogP contribution is -2.16. The Morgan fingerprint density at radius 2 is 2.17 bits per heavy atom. The molecular weight excluding hydrogens is 226 g/mol. The van der Waals surface area contributed by atoms with E-state index in [0.717, 1.165) is 37.6 Å². The average Bonchev–Trinajstić information content (AvgIpc) is 2.38. The quantitative estimate of drug-likeness (QED) is 0.686. The highest BCUT2D eigenvalue weighted by Crippen LogP contribution is 2.15. The van der Waals surface area contributed by atoms with Crippen molar-refractivity contribution >= 4 is 0 Å². The van der Waals surface area contributed by atoms with Crippen LogP contribution in [0.25, 0.3) is 0 Å². The van der Waals surface area contributed by atoms with Crippen LogP contribution in [0.15, 0.2) is 12.5 Å². The molecule has 0 aliphatic rings. The smallest absolute Gasteiger partial charge is 0.220 e. The molecule has 0 spiro atoms. The first-order chi connectivity index (χ1) is 8.77. The minimum Gasteiger partial charge on any atom is -0.477 e. The highest BCUT2D eigenvalue weighted by Gasteiger charge is 2.07. The maximum absolute atomic E-state index is 5.79. The van der Waals surface area contributed by atoms with Crippen LogP contribution in [0.4, 0.5) is 0 Å². The third-order valence-corrected chi connectivity index (χ3v) is 2.78. The number of hydrogen-bond acceptors (Lipinski definition) is 4. The van der Waals surface area contributed by atoms with Crippen molar-refractivity contribution in [3.8, 4) is 5.88 Å². The molecule has 4 nitrogen and oxygen atoms in total. The summed E-state index contributed by atoms with van der Waals surface area (Å²) in [6.07, 6.45) is 6.88. The van der Waals surface area contributed by atoms with Crippen molar-refractivity contribution in [2.45, 2.75) is 46.6 Å². The Kier molecular flexibility index (Phi) is 7.34. The summed E-state index contributed by atoms with van der Waals surface area (Å²) < 4.78 is 5.79. The van der Waals surface area contributed by atoms with Gasteiger partial charge in [0.15, 0.2) is 0 Å². The average molecular weight is 251 g/mol. The largest absolute Gasteiger partial charge is 0.477 e. The summed E-state index contributed by atoms with van der Waals surface area (Å²) >= 11 is 0. The van der Waals surface area contributed by atoms with Gasteiger partial charge in [0.05, 0.1) is 6.61 Å². The third-order valence-electron chi connectivity index (χ3n) is 2.78. The molecule has 1 aromatic rings. The molecule has 1 N–H and O–H groups in total. The molecule has 0 radical (unpaired) electrons. The summed E-state index contributed by atoms with van der Waals surface area (Å²) in [4.78, 5) is 8.27. The summed E-state index contributed by atoms with van der Waals surface area (Å²) in [5.41, 5.74) is 1.04. The lowest BCUT2D eigenvalue weighted by atomic mass is 10.1. The summed E-state index contributed by atoms with van der Waals surface area (Å²) in [5, 5.41) is 3.34. The second-order valence-electron chi connectivity index (χ2n) is 4.73. The van der Waals surface area contributed by atoms with Crippen molar-refractivity contribution in [2.24, 2.45) is 5.92 Å². The summed E-state index contributed by atoms with van der Waals surface area (Å²) in [7, 11) is 0. The van der Waals surface area contributed by atoms with E-state index in [0.29, 0.717) is 5.92 Å². The molecule has 0 aromatic carbocycles. The molecule has 1 heterocycles. The Bertz CT molecular complexity index is 331. The highest BCUT2D eigenvalue weighted by molar-refractivity contribution is 5.21. The fourth-order valence-corrected chi connectivity index (χ4v) is 1.80. The van der Waals surface area contributed by atoms with E-state index in [-0.39, 0.29) is 0 Å². The molecule has 18 heavy (non-hydrogen) atoms. The minimum absolute atomic E-state index is 0.571. The van der Waals surface area contributed by atoms with Gasteiger partial charge in [-0.15, -0.1) is 0 Å². The van der Waals surface area contributed by atoms with Crippen LogP contribution in [0.5, 0.6) is 5.88 Å². The van der Waals surface area contributed by atoms with Crippen molar-refractivity contribution in [3.63, 3.8) is 0 Å². The minimum atomic E-state index is 0.571. The van der Waals surface area contributed by atoms with Crippen LogP contribution in [0.3, 0.4) is 0 Å². The predicted molar refractivity (Wildman–Crippen MR) is 73.6 cm³/mol. The topological polar surface area (TPSA) is 47.0 Å². The van der Waals surface area contributed by atoms with Gasteiger partial charge in [-0.3, -0.25) is 0 Å². The van der Waals surface area contributed by atoms with Gasteiger partial charge in [-0.1, -0.05) is 27.2 Å². The second kappa shape index (κ2) is 8.86. The lowest BCUT2D eigenvalue weighted by molar-refractivity contribution is 0.240. The Morgan fingerprint density at radius 1 is 1.33 bits per heavy atom. The van der Waals surface area contributed by atoms with Crippen LogP contribution in [0.1, 0.15) is 45.6 Å². The highest BCUT2D eigenvalue weighted by atomic mass is 16.5. The summed E-state index contributed by atoms with van der Waals surface area (Å²) in [6, 6.07) is 0. The number of ether oxygens (including phenoxy) is 1. The van der Waals surface area contributed by atoms with Gasteiger partial charge in [-0.2, -0.15) is 0 Å². The first kappa shape index (κ1) is 14.9. The van der Waals surface area contributed by atoms with Gasteiger partial charge < -0.3 is 10.1 Å². The van der Waals surface area contributed by atoms with Crippen LogP contribution in [-0.2, 0) is 6.54 Å². The molecule has 102 valence electrons. The number of aromatic nitrogens is 2. The second-order valence-corrected chi connectivity index (χ2v) is 4.73. The molecule has 1 unspecified atom stereocenters. The van der Waals surface area contributed by atoms with E-state index in [1.54, 1.807) is 6.33 Å².